The summed E-state index contributed by atoms with van der Waals surface area (Å²) in [5.74, 6) is -3.18. The lowest BCUT2D eigenvalue weighted by atomic mass is 10.1. The van der Waals surface area contributed by atoms with E-state index in [9.17, 15) is 18.0 Å². The van der Waals surface area contributed by atoms with Gasteiger partial charge < -0.3 is 0 Å². The lowest BCUT2D eigenvalue weighted by Crippen LogP contribution is -1.90. The molecule has 0 aliphatic heterocycles. The molecule has 0 saturated carbocycles. The Balaban J connectivity index is 2.32. The molecule has 4 heteroatoms. The number of carbonyl (C=O) groups is 1. The molecule has 2 rings (SSSR count). The predicted octanol–water partition coefficient (Wildman–Crippen LogP) is 4.09. The predicted molar refractivity (Wildman–Crippen MR) is 67.1 cm³/mol. The number of halogens is 3. The molecule has 2 aromatic rings. The van der Waals surface area contributed by atoms with E-state index in [1.165, 1.54) is 12.2 Å². The van der Waals surface area contributed by atoms with Crippen molar-refractivity contribution < 1.29 is 18.0 Å². The van der Waals surface area contributed by atoms with Crippen molar-refractivity contribution in [1.29, 1.82) is 0 Å². The van der Waals surface area contributed by atoms with Crippen LogP contribution in [-0.4, -0.2) is 6.29 Å². The summed E-state index contributed by atoms with van der Waals surface area (Å²) in [6.07, 6.45) is 3.53. The smallest absolute Gasteiger partial charge is 0.161 e. The molecule has 19 heavy (non-hydrogen) atoms. The maximum atomic E-state index is 13.4. The highest BCUT2D eigenvalue weighted by molar-refractivity contribution is 5.78. The zero-order chi connectivity index (χ0) is 13.8. The van der Waals surface area contributed by atoms with Gasteiger partial charge in [-0.05, 0) is 17.7 Å². The molecule has 0 aliphatic rings. The fourth-order valence-electron chi connectivity index (χ4n) is 1.59. The largest absolute Gasteiger partial charge is 0.298 e. The average Bonchev–Trinajstić information content (AvgIpc) is 2.41. The van der Waals surface area contributed by atoms with Crippen molar-refractivity contribution >= 4 is 18.4 Å². The molecule has 2 aromatic carbocycles. The molecule has 0 aliphatic carbocycles. The monoisotopic (exact) mass is 262 g/mol. The Bertz CT molecular complexity index is 648. The second-order valence-corrected chi connectivity index (χ2v) is 3.91. The van der Waals surface area contributed by atoms with Crippen LogP contribution in [0.1, 0.15) is 21.5 Å². The summed E-state index contributed by atoms with van der Waals surface area (Å²) in [5, 5.41) is 0. The minimum absolute atomic E-state index is 0.0598. The summed E-state index contributed by atoms with van der Waals surface area (Å²) in [6, 6.07) is 7.89. The zero-order valence-electron chi connectivity index (χ0n) is 9.74. The summed E-state index contributed by atoms with van der Waals surface area (Å²) in [7, 11) is 0. The molecule has 0 radical (unpaired) electrons. The van der Waals surface area contributed by atoms with Gasteiger partial charge in [-0.1, -0.05) is 30.4 Å². The number of hydrogen-bond donors (Lipinski definition) is 0. The number of hydrogen-bond acceptors (Lipinski definition) is 1. The number of aldehydes is 1. The number of rotatable bonds is 3. The molecule has 0 bridgehead atoms. The first-order valence-corrected chi connectivity index (χ1v) is 5.48. The normalized spacial score (nSPS) is 10.9. The summed E-state index contributed by atoms with van der Waals surface area (Å²) in [5.41, 5.74) is 1.08. The van der Waals surface area contributed by atoms with E-state index in [0.717, 1.165) is 6.07 Å². The van der Waals surface area contributed by atoms with E-state index in [1.807, 2.05) is 0 Å². The zero-order valence-corrected chi connectivity index (χ0v) is 9.74. The fourth-order valence-corrected chi connectivity index (χ4v) is 1.59. The van der Waals surface area contributed by atoms with E-state index >= 15 is 0 Å². The van der Waals surface area contributed by atoms with Gasteiger partial charge in [0.2, 0.25) is 0 Å². The summed E-state index contributed by atoms with van der Waals surface area (Å²) in [4.78, 5) is 10.6. The van der Waals surface area contributed by atoms with E-state index in [1.54, 1.807) is 24.3 Å². The SMILES string of the molecule is O=Cc1cccc(/C=C/c2cc(F)c(F)cc2F)c1. The van der Waals surface area contributed by atoms with Crippen LogP contribution in [0.3, 0.4) is 0 Å². The molecule has 96 valence electrons. The molecule has 0 amide bonds. The Morgan fingerprint density at radius 2 is 1.47 bits per heavy atom. The minimum Gasteiger partial charge on any atom is -0.298 e. The Labute approximate surface area is 108 Å². The third kappa shape index (κ3) is 3.10. The van der Waals surface area contributed by atoms with Crippen LogP contribution >= 0.6 is 0 Å². The van der Waals surface area contributed by atoms with Crippen LogP contribution in [0.5, 0.6) is 0 Å². The van der Waals surface area contributed by atoms with Crippen molar-refractivity contribution in [3.63, 3.8) is 0 Å². The molecule has 0 unspecified atom stereocenters. The van der Waals surface area contributed by atoms with E-state index in [4.69, 9.17) is 0 Å². The van der Waals surface area contributed by atoms with Gasteiger partial charge in [-0.2, -0.15) is 0 Å². The van der Waals surface area contributed by atoms with E-state index in [0.29, 0.717) is 23.5 Å². The molecule has 0 spiro atoms. The van der Waals surface area contributed by atoms with Crippen LogP contribution < -0.4 is 0 Å². The van der Waals surface area contributed by atoms with E-state index < -0.39 is 17.5 Å². The molecule has 0 N–H and O–H groups in total. The molecule has 0 aromatic heterocycles. The quantitative estimate of drug-likeness (QED) is 0.462. The maximum absolute atomic E-state index is 13.4. The van der Waals surface area contributed by atoms with Crippen LogP contribution in [0.15, 0.2) is 36.4 Å². The van der Waals surface area contributed by atoms with Gasteiger partial charge in [0.15, 0.2) is 11.6 Å². The van der Waals surface area contributed by atoms with E-state index in [-0.39, 0.29) is 5.56 Å². The lowest BCUT2D eigenvalue weighted by Gasteiger charge is -1.99. The van der Waals surface area contributed by atoms with Gasteiger partial charge in [-0.3, -0.25) is 4.79 Å². The van der Waals surface area contributed by atoms with Gasteiger partial charge >= 0.3 is 0 Å². The highest BCUT2D eigenvalue weighted by Gasteiger charge is 2.07. The van der Waals surface area contributed by atoms with Gasteiger partial charge in [-0.25, -0.2) is 13.2 Å². The second-order valence-electron chi connectivity index (χ2n) is 3.91. The first-order chi connectivity index (χ1) is 9.10. The highest BCUT2D eigenvalue weighted by atomic mass is 19.2. The first-order valence-electron chi connectivity index (χ1n) is 5.48. The molecular formula is C15H9F3O. The Kier molecular flexibility index (Phi) is 3.80. The van der Waals surface area contributed by atoms with Crippen LogP contribution in [0.2, 0.25) is 0 Å². The van der Waals surface area contributed by atoms with E-state index in [2.05, 4.69) is 0 Å². The average molecular weight is 262 g/mol. The molecule has 1 nitrogen and oxygen atoms in total. The molecular weight excluding hydrogens is 253 g/mol. The molecule has 0 fully saturated rings. The fraction of sp³-hybridized carbons (Fsp3) is 0. The van der Waals surface area contributed by atoms with Crippen molar-refractivity contribution in [3.8, 4) is 0 Å². The van der Waals surface area contributed by atoms with Crippen molar-refractivity contribution in [2.75, 3.05) is 0 Å². The molecule has 0 saturated heterocycles. The Morgan fingerprint density at radius 1 is 0.789 bits per heavy atom. The highest BCUT2D eigenvalue weighted by Crippen LogP contribution is 2.16. The number of carbonyl (C=O) groups excluding carboxylic acids is 1. The van der Waals surface area contributed by atoms with Crippen molar-refractivity contribution in [1.82, 2.24) is 0 Å². The third-order valence-electron chi connectivity index (χ3n) is 2.54. The van der Waals surface area contributed by atoms with Gasteiger partial charge in [0.1, 0.15) is 12.1 Å². The second kappa shape index (κ2) is 5.52. The Hall–Kier alpha value is -2.36. The van der Waals surface area contributed by atoms with Gasteiger partial charge in [0.25, 0.3) is 0 Å². The summed E-state index contributed by atoms with van der Waals surface area (Å²) in [6.45, 7) is 0. The lowest BCUT2D eigenvalue weighted by molar-refractivity contribution is 0.112. The first kappa shape index (κ1) is 13.1. The van der Waals surface area contributed by atoms with Crippen molar-refractivity contribution in [3.05, 3.63) is 70.5 Å². The van der Waals surface area contributed by atoms with Crippen molar-refractivity contribution in [2.45, 2.75) is 0 Å². The van der Waals surface area contributed by atoms with Gasteiger partial charge in [0.05, 0.1) is 0 Å². The van der Waals surface area contributed by atoms with Crippen molar-refractivity contribution in [2.24, 2.45) is 0 Å². The Morgan fingerprint density at radius 3 is 2.21 bits per heavy atom. The standard InChI is InChI=1S/C15H9F3O/c16-13-8-15(18)14(17)7-12(13)5-4-10-2-1-3-11(6-10)9-19/h1-9H/b5-4+. The van der Waals surface area contributed by atoms with Gasteiger partial charge in [-0.15, -0.1) is 0 Å². The van der Waals surface area contributed by atoms with Gasteiger partial charge in [0, 0.05) is 17.2 Å². The van der Waals surface area contributed by atoms with Crippen LogP contribution in [-0.2, 0) is 0 Å². The minimum atomic E-state index is -1.22. The maximum Gasteiger partial charge on any atom is 0.161 e. The summed E-state index contributed by atoms with van der Waals surface area (Å²) >= 11 is 0. The van der Waals surface area contributed by atoms with Crippen LogP contribution in [0.4, 0.5) is 13.2 Å². The number of benzene rings is 2. The summed E-state index contributed by atoms with van der Waals surface area (Å²) < 4.78 is 39.1. The molecule has 0 atom stereocenters. The van der Waals surface area contributed by atoms with Crippen LogP contribution in [0.25, 0.3) is 12.2 Å². The third-order valence-corrected chi connectivity index (χ3v) is 2.54. The van der Waals surface area contributed by atoms with Crippen LogP contribution in [0, 0.1) is 17.5 Å². The topological polar surface area (TPSA) is 17.1 Å². The molecule has 0 heterocycles.